The van der Waals surface area contributed by atoms with Gasteiger partial charge >= 0.3 is 0 Å². The van der Waals surface area contributed by atoms with Crippen LogP contribution in [0.25, 0.3) is 0 Å². The van der Waals surface area contributed by atoms with Crippen molar-refractivity contribution < 1.29 is 19.2 Å². The van der Waals surface area contributed by atoms with Crippen LogP contribution in [0.5, 0.6) is 0 Å². The number of nitrogens with zero attached hydrogens (tertiary/aromatic N) is 2. The number of hydrogen-bond acceptors (Lipinski definition) is 5. The van der Waals surface area contributed by atoms with Crippen molar-refractivity contribution in [3.05, 3.63) is 24.3 Å². The van der Waals surface area contributed by atoms with Gasteiger partial charge in [-0.15, -0.1) is 11.8 Å². The number of likely N-dealkylation sites (N-methyl/N-ethyl adjacent to an activating group) is 1. The highest BCUT2D eigenvalue weighted by molar-refractivity contribution is 8.01. The van der Waals surface area contributed by atoms with E-state index in [1.54, 1.807) is 40.9 Å². The molecular weight excluding hydrogens is 392 g/mol. The molecular formula is C20H26N4O4S. The summed E-state index contributed by atoms with van der Waals surface area (Å²) in [5.74, 6) is -0.0972. The SMILES string of the molecule is CCN(CC(=O)Nc1ccc(NC(C)=O)cc1)C(=O)[C@H]1CS[C@]2(C)CCC(=O)N12. The van der Waals surface area contributed by atoms with E-state index in [2.05, 4.69) is 10.6 Å². The molecule has 0 radical (unpaired) electrons. The molecule has 2 atom stereocenters. The predicted octanol–water partition coefficient (Wildman–Crippen LogP) is 1.89. The quantitative estimate of drug-likeness (QED) is 0.735. The van der Waals surface area contributed by atoms with Gasteiger partial charge in [-0.2, -0.15) is 0 Å². The molecule has 0 aromatic heterocycles. The second-order valence-electron chi connectivity index (χ2n) is 7.42. The van der Waals surface area contributed by atoms with Crippen LogP contribution in [-0.4, -0.2) is 63.2 Å². The molecule has 2 N–H and O–H groups in total. The van der Waals surface area contributed by atoms with Crippen LogP contribution in [0, 0.1) is 0 Å². The maximum atomic E-state index is 13.0. The molecule has 9 heteroatoms. The second kappa shape index (κ2) is 8.44. The van der Waals surface area contributed by atoms with Crippen molar-refractivity contribution in [3.8, 4) is 0 Å². The standard InChI is InChI=1S/C20H26N4O4S/c1-4-23(19(28)16-12-29-20(3)10-9-18(27)24(16)20)11-17(26)22-15-7-5-14(6-8-15)21-13(2)25/h5-8,16H,4,9-12H2,1-3H3,(H,21,25)(H,22,26)/t16-,20-/m1/s1. The van der Waals surface area contributed by atoms with Crippen molar-refractivity contribution in [2.45, 2.75) is 44.5 Å². The van der Waals surface area contributed by atoms with Gasteiger partial charge in [0.05, 0.1) is 11.4 Å². The van der Waals surface area contributed by atoms with Crippen LogP contribution in [0.15, 0.2) is 24.3 Å². The normalized spacial score (nSPS) is 22.9. The Balaban J connectivity index is 1.60. The largest absolute Gasteiger partial charge is 0.332 e. The van der Waals surface area contributed by atoms with E-state index in [0.29, 0.717) is 30.1 Å². The zero-order valence-corrected chi connectivity index (χ0v) is 17.7. The van der Waals surface area contributed by atoms with Gasteiger partial charge in [0.25, 0.3) is 0 Å². The maximum absolute atomic E-state index is 13.0. The van der Waals surface area contributed by atoms with Crippen LogP contribution in [0.4, 0.5) is 11.4 Å². The number of carbonyl (C=O) groups excluding carboxylic acids is 4. The summed E-state index contributed by atoms with van der Waals surface area (Å²) in [7, 11) is 0. The molecule has 3 rings (SSSR count). The summed E-state index contributed by atoms with van der Waals surface area (Å²) in [5, 5.41) is 5.42. The summed E-state index contributed by atoms with van der Waals surface area (Å²) in [6.07, 6.45) is 1.22. The third-order valence-corrected chi connectivity index (χ3v) is 6.75. The van der Waals surface area contributed by atoms with Gasteiger partial charge < -0.3 is 20.4 Å². The first-order valence-electron chi connectivity index (χ1n) is 9.66. The van der Waals surface area contributed by atoms with Crippen LogP contribution in [0.1, 0.15) is 33.6 Å². The molecule has 0 aliphatic carbocycles. The molecule has 1 aromatic rings. The number of rotatable bonds is 6. The lowest BCUT2D eigenvalue weighted by Crippen LogP contribution is -2.52. The molecule has 2 heterocycles. The highest BCUT2D eigenvalue weighted by Gasteiger charge is 2.53. The van der Waals surface area contributed by atoms with Crippen LogP contribution in [0.3, 0.4) is 0 Å². The van der Waals surface area contributed by atoms with Gasteiger partial charge in [0.2, 0.25) is 23.6 Å². The molecule has 156 valence electrons. The number of thioether (sulfide) groups is 1. The van der Waals surface area contributed by atoms with Crippen molar-refractivity contribution in [1.82, 2.24) is 9.80 Å². The molecule has 2 aliphatic heterocycles. The third-order valence-electron chi connectivity index (χ3n) is 5.25. The van der Waals surface area contributed by atoms with Crippen LogP contribution in [0.2, 0.25) is 0 Å². The van der Waals surface area contributed by atoms with E-state index in [0.717, 1.165) is 6.42 Å². The van der Waals surface area contributed by atoms with E-state index in [1.165, 1.54) is 11.8 Å². The van der Waals surface area contributed by atoms with Crippen LogP contribution in [-0.2, 0) is 19.2 Å². The van der Waals surface area contributed by atoms with Gasteiger partial charge in [-0.25, -0.2) is 0 Å². The lowest BCUT2D eigenvalue weighted by molar-refractivity contribution is -0.144. The Bertz CT molecular complexity index is 828. The summed E-state index contributed by atoms with van der Waals surface area (Å²) in [6.45, 7) is 5.55. The first-order chi connectivity index (χ1) is 13.7. The van der Waals surface area contributed by atoms with Crippen molar-refractivity contribution in [2.75, 3.05) is 29.5 Å². The molecule has 2 fully saturated rings. The summed E-state index contributed by atoms with van der Waals surface area (Å²) in [4.78, 5) is 51.7. The first kappa shape index (κ1) is 21.2. The van der Waals surface area contributed by atoms with Crippen molar-refractivity contribution >= 4 is 46.8 Å². The summed E-state index contributed by atoms with van der Waals surface area (Å²) < 4.78 is 0. The average molecular weight is 419 g/mol. The van der Waals surface area contributed by atoms with Crippen molar-refractivity contribution in [1.29, 1.82) is 0 Å². The van der Waals surface area contributed by atoms with E-state index in [4.69, 9.17) is 0 Å². The molecule has 0 unspecified atom stereocenters. The summed E-state index contributed by atoms with van der Waals surface area (Å²) in [5.41, 5.74) is 1.21. The highest BCUT2D eigenvalue weighted by atomic mass is 32.2. The van der Waals surface area contributed by atoms with Gasteiger partial charge in [0.1, 0.15) is 6.04 Å². The molecule has 29 heavy (non-hydrogen) atoms. The first-order valence-corrected chi connectivity index (χ1v) is 10.6. The Morgan fingerprint density at radius 3 is 2.41 bits per heavy atom. The molecule has 8 nitrogen and oxygen atoms in total. The minimum absolute atomic E-state index is 0.00983. The minimum atomic E-state index is -0.510. The molecule has 2 saturated heterocycles. The zero-order valence-electron chi connectivity index (χ0n) is 16.9. The lowest BCUT2D eigenvalue weighted by Gasteiger charge is -2.32. The summed E-state index contributed by atoms with van der Waals surface area (Å²) >= 11 is 1.64. The van der Waals surface area contributed by atoms with Gasteiger partial charge in [-0.05, 0) is 44.5 Å². The molecule has 1 aromatic carbocycles. The zero-order chi connectivity index (χ0) is 21.2. The van der Waals surface area contributed by atoms with Gasteiger partial charge in [-0.3, -0.25) is 19.2 Å². The number of carbonyl (C=O) groups is 4. The van der Waals surface area contributed by atoms with Gasteiger partial charge in [0, 0.05) is 37.0 Å². The number of nitrogens with one attached hydrogen (secondary N) is 2. The topological polar surface area (TPSA) is 98.8 Å². The van der Waals surface area contributed by atoms with Crippen LogP contribution < -0.4 is 10.6 Å². The Morgan fingerprint density at radius 2 is 1.83 bits per heavy atom. The van der Waals surface area contributed by atoms with E-state index in [-0.39, 0.29) is 35.0 Å². The lowest BCUT2D eigenvalue weighted by atomic mass is 10.2. The average Bonchev–Trinajstić information content (AvgIpc) is 3.16. The number of fused-ring (bicyclic) bond motifs is 1. The number of benzene rings is 1. The Hall–Kier alpha value is -2.55. The van der Waals surface area contributed by atoms with Crippen molar-refractivity contribution in [3.63, 3.8) is 0 Å². The number of hydrogen-bond donors (Lipinski definition) is 2. The smallest absolute Gasteiger partial charge is 0.246 e. The molecule has 0 spiro atoms. The molecule has 0 bridgehead atoms. The molecule has 0 saturated carbocycles. The fraction of sp³-hybridized carbons (Fsp3) is 0.500. The van der Waals surface area contributed by atoms with E-state index in [1.807, 2.05) is 13.8 Å². The monoisotopic (exact) mass is 418 g/mol. The van der Waals surface area contributed by atoms with Gasteiger partial charge in [-0.1, -0.05) is 0 Å². The number of anilines is 2. The predicted molar refractivity (Wildman–Crippen MR) is 112 cm³/mol. The van der Waals surface area contributed by atoms with E-state index >= 15 is 0 Å². The fourth-order valence-corrected chi connectivity index (χ4v) is 5.20. The minimum Gasteiger partial charge on any atom is -0.332 e. The maximum Gasteiger partial charge on any atom is 0.246 e. The Labute approximate surface area is 174 Å². The fourth-order valence-electron chi connectivity index (χ4n) is 3.77. The number of amides is 4. The Kier molecular flexibility index (Phi) is 6.16. The highest BCUT2D eigenvalue weighted by Crippen LogP contribution is 2.47. The summed E-state index contributed by atoms with van der Waals surface area (Å²) in [6, 6.07) is 6.24. The van der Waals surface area contributed by atoms with E-state index < -0.39 is 6.04 Å². The Morgan fingerprint density at radius 1 is 1.21 bits per heavy atom. The second-order valence-corrected chi connectivity index (χ2v) is 8.93. The van der Waals surface area contributed by atoms with E-state index in [9.17, 15) is 19.2 Å². The molecule has 2 aliphatic rings. The molecule has 4 amide bonds. The third kappa shape index (κ3) is 4.55. The van der Waals surface area contributed by atoms with Crippen molar-refractivity contribution in [2.24, 2.45) is 0 Å². The van der Waals surface area contributed by atoms with Crippen LogP contribution >= 0.6 is 11.8 Å². The van der Waals surface area contributed by atoms with Gasteiger partial charge in [0.15, 0.2) is 0 Å².